The van der Waals surface area contributed by atoms with E-state index in [0.29, 0.717) is 21.8 Å². The predicted molar refractivity (Wildman–Crippen MR) is 84.8 cm³/mol. The number of nitrogens with zero attached hydrogens (tertiary/aromatic N) is 2. The lowest BCUT2D eigenvalue weighted by Crippen LogP contribution is -2.13. The molecule has 0 aliphatic rings. The lowest BCUT2D eigenvalue weighted by atomic mass is 10.1. The lowest BCUT2D eigenvalue weighted by Gasteiger charge is -2.06. The highest BCUT2D eigenvalue weighted by Crippen LogP contribution is 2.21. The van der Waals surface area contributed by atoms with Crippen LogP contribution < -0.4 is 5.32 Å². The number of rotatable bonds is 3. The number of anilines is 1. The van der Waals surface area contributed by atoms with Crippen LogP contribution in [-0.4, -0.2) is 5.91 Å². The van der Waals surface area contributed by atoms with Crippen LogP contribution in [0.15, 0.2) is 54.1 Å². The zero-order chi connectivity index (χ0) is 15.9. The first kappa shape index (κ1) is 15.3. The van der Waals surface area contributed by atoms with E-state index >= 15 is 0 Å². The van der Waals surface area contributed by atoms with Gasteiger partial charge in [0, 0.05) is 0 Å². The van der Waals surface area contributed by atoms with Gasteiger partial charge in [0.15, 0.2) is 0 Å². The summed E-state index contributed by atoms with van der Waals surface area (Å²) in [6, 6.07) is 17.3. The topological polar surface area (TPSA) is 76.7 Å². The Hall–Kier alpha value is -3.08. The van der Waals surface area contributed by atoms with E-state index in [1.807, 2.05) is 12.1 Å². The number of amides is 1. The molecular weight excluding hydrogens is 298 g/mol. The van der Waals surface area contributed by atoms with Gasteiger partial charge in [0.25, 0.3) is 5.91 Å². The van der Waals surface area contributed by atoms with Crippen molar-refractivity contribution in [3.05, 3.63) is 70.3 Å². The average Bonchev–Trinajstić information content (AvgIpc) is 2.54. The molecule has 2 aromatic carbocycles. The molecule has 0 aliphatic heterocycles. The minimum atomic E-state index is -0.557. The Labute approximate surface area is 132 Å². The van der Waals surface area contributed by atoms with Crippen LogP contribution in [0.25, 0.3) is 6.08 Å². The van der Waals surface area contributed by atoms with E-state index in [2.05, 4.69) is 5.32 Å². The summed E-state index contributed by atoms with van der Waals surface area (Å²) in [4.78, 5) is 12.1. The maximum Gasteiger partial charge on any atom is 0.266 e. The Bertz CT molecular complexity index is 828. The number of nitriles is 2. The molecule has 5 heteroatoms. The number of para-hydroxylation sites is 1. The van der Waals surface area contributed by atoms with E-state index in [4.69, 9.17) is 22.1 Å². The fraction of sp³-hybridized carbons (Fsp3) is 0. The van der Waals surface area contributed by atoms with Gasteiger partial charge < -0.3 is 5.32 Å². The molecule has 4 nitrogen and oxygen atoms in total. The summed E-state index contributed by atoms with van der Waals surface area (Å²) >= 11 is 5.96. The van der Waals surface area contributed by atoms with Gasteiger partial charge in [-0.1, -0.05) is 35.9 Å². The third-order valence-electron chi connectivity index (χ3n) is 2.81. The number of hydrogen-bond donors (Lipinski definition) is 1. The van der Waals surface area contributed by atoms with Crippen molar-refractivity contribution in [3.8, 4) is 12.1 Å². The summed E-state index contributed by atoms with van der Waals surface area (Å²) in [5.41, 5.74) is 1.42. The van der Waals surface area contributed by atoms with Gasteiger partial charge in [-0.25, -0.2) is 0 Å². The van der Waals surface area contributed by atoms with E-state index in [9.17, 15) is 4.79 Å². The van der Waals surface area contributed by atoms with Crippen LogP contribution in [0.5, 0.6) is 0 Å². The maximum absolute atomic E-state index is 12.1. The fourth-order valence-corrected chi connectivity index (χ4v) is 1.95. The van der Waals surface area contributed by atoms with E-state index < -0.39 is 5.91 Å². The van der Waals surface area contributed by atoms with Gasteiger partial charge in [-0.15, -0.1) is 0 Å². The molecular formula is C17H10ClN3O. The molecule has 0 fully saturated rings. The predicted octanol–water partition coefficient (Wildman–Crippen LogP) is 3.76. The van der Waals surface area contributed by atoms with Gasteiger partial charge in [-0.05, 0) is 35.9 Å². The monoisotopic (exact) mass is 307 g/mol. The van der Waals surface area contributed by atoms with Crippen molar-refractivity contribution < 1.29 is 4.79 Å². The second kappa shape index (κ2) is 7.08. The van der Waals surface area contributed by atoms with Crippen LogP contribution in [0.2, 0.25) is 5.02 Å². The molecule has 0 aliphatic carbocycles. The van der Waals surface area contributed by atoms with Gasteiger partial charge in [0.05, 0.1) is 22.3 Å². The molecule has 0 heterocycles. The quantitative estimate of drug-likeness (QED) is 0.693. The molecule has 0 atom stereocenters. The van der Waals surface area contributed by atoms with Crippen LogP contribution >= 0.6 is 11.6 Å². The van der Waals surface area contributed by atoms with Crippen molar-refractivity contribution in [2.75, 3.05) is 5.32 Å². The second-order valence-electron chi connectivity index (χ2n) is 4.34. The molecule has 2 aromatic rings. The van der Waals surface area contributed by atoms with Crippen LogP contribution in [-0.2, 0) is 4.79 Å². The molecule has 0 saturated carbocycles. The van der Waals surface area contributed by atoms with Gasteiger partial charge in [-0.3, -0.25) is 4.79 Å². The average molecular weight is 308 g/mol. The van der Waals surface area contributed by atoms with Crippen molar-refractivity contribution in [2.45, 2.75) is 0 Å². The zero-order valence-corrected chi connectivity index (χ0v) is 12.1. The first-order chi connectivity index (χ1) is 10.6. The SMILES string of the molecule is N#C/C(=C\c1cccc(C#N)c1)C(=O)Nc1ccccc1Cl. The summed E-state index contributed by atoms with van der Waals surface area (Å²) in [6.45, 7) is 0. The fourth-order valence-electron chi connectivity index (χ4n) is 1.77. The number of benzene rings is 2. The van der Waals surface area contributed by atoms with Gasteiger partial charge in [0.1, 0.15) is 11.6 Å². The Balaban J connectivity index is 2.26. The smallest absolute Gasteiger partial charge is 0.266 e. The maximum atomic E-state index is 12.1. The van der Waals surface area contributed by atoms with Crippen LogP contribution in [0.3, 0.4) is 0 Å². The normalized spacial score (nSPS) is 10.4. The third kappa shape index (κ3) is 3.73. The van der Waals surface area contributed by atoms with Crippen molar-refractivity contribution in [1.82, 2.24) is 0 Å². The highest BCUT2D eigenvalue weighted by Gasteiger charge is 2.11. The van der Waals surface area contributed by atoms with E-state index in [0.717, 1.165) is 0 Å². The highest BCUT2D eigenvalue weighted by atomic mass is 35.5. The minimum absolute atomic E-state index is 0.0741. The summed E-state index contributed by atoms with van der Waals surface area (Å²) in [5.74, 6) is -0.557. The number of hydrogen-bond acceptors (Lipinski definition) is 3. The third-order valence-corrected chi connectivity index (χ3v) is 3.14. The van der Waals surface area contributed by atoms with E-state index in [1.54, 1.807) is 48.5 Å². The van der Waals surface area contributed by atoms with Crippen LogP contribution in [0.1, 0.15) is 11.1 Å². The summed E-state index contributed by atoms with van der Waals surface area (Å²) in [6.07, 6.45) is 1.42. The van der Waals surface area contributed by atoms with Crippen molar-refractivity contribution in [2.24, 2.45) is 0 Å². The largest absolute Gasteiger partial charge is 0.320 e. The molecule has 1 N–H and O–H groups in total. The Morgan fingerprint density at radius 3 is 2.59 bits per heavy atom. The summed E-state index contributed by atoms with van der Waals surface area (Å²) < 4.78 is 0. The molecule has 1 amide bonds. The molecule has 106 valence electrons. The lowest BCUT2D eigenvalue weighted by molar-refractivity contribution is -0.112. The summed E-state index contributed by atoms with van der Waals surface area (Å²) in [7, 11) is 0. The summed E-state index contributed by atoms with van der Waals surface area (Å²) in [5, 5.41) is 21.0. The Morgan fingerprint density at radius 1 is 1.14 bits per heavy atom. The first-order valence-corrected chi connectivity index (χ1v) is 6.69. The van der Waals surface area contributed by atoms with Gasteiger partial charge in [-0.2, -0.15) is 10.5 Å². The van der Waals surface area contributed by atoms with Crippen LogP contribution in [0.4, 0.5) is 5.69 Å². The van der Waals surface area contributed by atoms with Gasteiger partial charge >= 0.3 is 0 Å². The Morgan fingerprint density at radius 2 is 1.91 bits per heavy atom. The van der Waals surface area contributed by atoms with Crippen molar-refractivity contribution in [1.29, 1.82) is 10.5 Å². The second-order valence-corrected chi connectivity index (χ2v) is 4.75. The molecule has 0 radical (unpaired) electrons. The number of halogens is 1. The molecule has 2 rings (SSSR count). The molecule has 0 saturated heterocycles. The molecule has 0 spiro atoms. The minimum Gasteiger partial charge on any atom is -0.320 e. The first-order valence-electron chi connectivity index (χ1n) is 6.32. The van der Waals surface area contributed by atoms with Gasteiger partial charge in [0.2, 0.25) is 0 Å². The van der Waals surface area contributed by atoms with Crippen molar-refractivity contribution >= 4 is 29.3 Å². The van der Waals surface area contributed by atoms with E-state index in [-0.39, 0.29) is 5.57 Å². The van der Waals surface area contributed by atoms with Crippen LogP contribution in [0, 0.1) is 22.7 Å². The number of carbonyl (C=O) groups excluding carboxylic acids is 1. The molecule has 0 unspecified atom stereocenters. The standard InChI is InChI=1S/C17H10ClN3O/c18-15-6-1-2-7-16(15)21-17(22)14(11-20)9-12-4-3-5-13(8-12)10-19/h1-9H,(H,21,22)/b14-9+. The number of nitrogens with one attached hydrogen (secondary N) is 1. The molecule has 0 aromatic heterocycles. The number of carbonyl (C=O) groups is 1. The molecule has 0 bridgehead atoms. The Kier molecular flexibility index (Phi) is 4.93. The molecule has 22 heavy (non-hydrogen) atoms. The zero-order valence-electron chi connectivity index (χ0n) is 11.4. The highest BCUT2D eigenvalue weighted by molar-refractivity contribution is 6.34. The van der Waals surface area contributed by atoms with Crippen molar-refractivity contribution in [3.63, 3.8) is 0 Å². The van der Waals surface area contributed by atoms with E-state index in [1.165, 1.54) is 6.08 Å².